The number of aromatic nitrogens is 6. The number of imidazole rings is 2. The third-order valence-electron chi connectivity index (χ3n) is 8.88. The molecule has 0 radical (unpaired) electrons. The van der Waals surface area contributed by atoms with E-state index in [2.05, 4.69) is 20.9 Å². The second-order valence-electron chi connectivity index (χ2n) is 13.9. The van der Waals surface area contributed by atoms with Crippen molar-refractivity contribution in [3.8, 4) is 17.3 Å². The first kappa shape index (κ1) is 32.5. The first-order valence-electron chi connectivity index (χ1n) is 16.6. The van der Waals surface area contributed by atoms with Gasteiger partial charge in [0.15, 0.2) is 11.5 Å². The molecule has 1 aromatic carbocycles. The Kier molecular flexibility index (Phi) is 8.49. The molecule has 1 aliphatic heterocycles. The summed E-state index contributed by atoms with van der Waals surface area (Å²) in [7, 11) is 1.91. The Labute approximate surface area is 282 Å². The van der Waals surface area contributed by atoms with Gasteiger partial charge < -0.3 is 33.4 Å². The van der Waals surface area contributed by atoms with E-state index in [0.29, 0.717) is 52.9 Å². The third kappa shape index (κ3) is 6.68. The van der Waals surface area contributed by atoms with Gasteiger partial charge in [-0.3, -0.25) is 4.79 Å². The van der Waals surface area contributed by atoms with Gasteiger partial charge in [-0.25, -0.2) is 28.5 Å². The van der Waals surface area contributed by atoms with Gasteiger partial charge in [0, 0.05) is 50.9 Å². The fourth-order valence-corrected chi connectivity index (χ4v) is 6.33. The summed E-state index contributed by atoms with van der Waals surface area (Å²) >= 11 is 0. The van der Waals surface area contributed by atoms with Gasteiger partial charge in [0.2, 0.25) is 6.30 Å². The zero-order valence-corrected chi connectivity index (χ0v) is 28.0. The fraction of sp³-hybridized carbons (Fsp3) is 0.457. The number of aryl methyl sites for hydroxylation is 1. The van der Waals surface area contributed by atoms with Crippen molar-refractivity contribution in [2.45, 2.75) is 64.5 Å². The summed E-state index contributed by atoms with van der Waals surface area (Å²) in [5, 5.41) is 3.48. The summed E-state index contributed by atoms with van der Waals surface area (Å²) in [4.78, 5) is 41.2. The van der Waals surface area contributed by atoms with Gasteiger partial charge in [-0.2, -0.15) is 0 Å². The number of halogens is 2. The molecule has 0 saturated heterocycles. The molecule has 1 aliphatic carbocycles. The van der Waals surface area contributed by atoms with Crippen LogP contribution in [0.2, 0.25) is 0 Å². The number of para-hydroxylation sites is 1. The van der Waals surface area contributed by atoms with Gasteiger partial charge in [0.05, 0.1) is 34.8 Å². The van der Waals surface area contributed by atoms with Crippen molar-refractivity contribution in [3.05, 3.63) is 60.3 Å². The lowest BCUT2D eigenvalue weighted by atomic mass is 10.0. The lowest BCUT2D eigenvalue weighted by molar-refractivity contribution is 0.0465. The third-order valence-corrected chi connectivity index (χ3v) is 8.88. The molecule has 12 nitrogen and oxygen atoms in total. The largest absolute Gasteiger partial charge is 0.486 e. The number of ether oxygens (including phenoxy) is 2. The van der Waals surface area contributed by atoms with E-state index in [0.717, 1.165) is 36.0 Å². The maximum Gasteiger partial charge on any atom is 0.408 e. The first-order chi connectivity index (χ1) is 23.5. The number of alkyl carbamates (subject to hydrolysis) is 1. The molecule has 7 rings (SSSR count). The number of amides is 2. The van der Waals surface area contributed by atoms with Crippen LogP contribution in [0.4, 0.5) is 13.6 Å². The highest BCUT2D eigenvalue weighted by Crippen LogP contribution is 2.39. The summed E-state index contributed by atoms with van der Waals surface area (Å²) in [5.41, 5.74) is 3.26. The van der Waals surface area contributed by atoms with Gasteiger partial charge >= 0.3 is 6.09 Å². The van der Waals surface area contributed by atoms with E-state index >= 15 is 0 Å². The molecule has 5 aromatic rings. The number of fused-ring (bicyclic) bond motifs is 3. The van der Waals surface area contributed by atoms with Crippen molar-refractivity contribution in [2.24, 2.45) is 13.0 Å². The maximum absolute atomic E-state index is 14.9. The van der Waals surface area contributed by atoms with E-state index in [-0.39, 0.29) is 19.1 Å². The Morgan fingerprint density at radius 2 is 2.00 bits per heavy atom. The molecule has 0 spiro atoms. The molecule has 5 heterocycles. The number of carbonyl (C=O) groups excluding carboxylic acids is 2. The topological polar surface area (TPSA) is 121 Å². The van der Waals surface area contributed by atoms with Gasteiger partial charge in [-0.1, -0.05) is 12.1 Å². The minimum absolute atomic E-state index is 0.00330. The van der Waals surface area contributed by atoms with Gasteiger partial charge in [-0.05, 0) is 57.7 Å². The average molecular weight is 675 g/mol. The van der Waals surface area contributed by atoms with Gasteiger partial charge in [0.1, 0.15) is 30.1 Å². The van der Waals surface area contributed by atoms with Gasteiger partial charge in [0.25, 0.3) is 5.91 Å². The zero-order valence-electron chi connectivity index (χ0n) is 28.0. The van der Waals surface area contributed by atoms with Crippen LogP contribution in [0.15, 0.2) is 49.1 Å². The Morgan fingerprint density at radius 1 is 1.18 bits per heavy atom. The molecule has 2 aliphatic rings. The van der Waals surface area contributed by atoms with E-state index in [1.165, 1.54) is 22.0 Å². The second-order valence-corrected chi connectivity index (χ2v) is 13.9. The van der Waals surface area contributed by atoms with Crippen LogP contribution >= 0.6 is 0 Å². The molecule has 2 amide bonds. The zero-order chi connectivity index (χ0) is 34.4. The molecule has 258 valence electrons. The standard InChI is InChI=1S/C35H40F2N8O4/c1-35(2,3)49-34(47)39-23(16-36)18-43-12-10-25-24(33(43)46)15-26-31(40-25)42(4)32(41-26)27-14-22-6-5-7-28(30(22)45(27)17-21-8-9-21)48-19-29(37)44-13-11-38-20-44/h5-7,11,13-15,20-21,23,29H,8-10,12,16-19H2,1-4H3,(H,39,47)/t23-,29?/m1/s1. The Hall–Kier alpha value is -5.01. The van der Waals surface area contributed by atoms with Crippen LogP contribution in [-0.4, -0.2) is 83.6 Å². The molecule has 1 saturated carbocycles. The van der Waals surface area contributed by atoms with Crippen LogP contribution in [0.1, 0.15) is 56.0 Å². The summed E-state index contributed by atoms with van der Waals surface area (Å²) < 4.78 is 45.7. The van der Waals surface area contributed by atoms with Crippen molar-refractivity contribution in [2.75, 3.05) is 26.4 Å². The number of nitrogens with one attached hydrogen (secondary N) is 1. The number of pyridine rings is 1. The Balaban J connectivity index is 1.18. The molecular formula is C35H40F2N8O4. The number of nitrogens with zero attached hydrogens (tertiary/aromatic N) is 7. The Morgan fingerprint density at radius 3 is 2.71 bits per heavy atom. The molecule has 4 aromatic heterocycles. The van der Waals surface area contributed by atoms with Crippen molar-refractivity contribution in [1.29, 1.82) is 0 Å². The normalized spacial score (nSPS) is 16.2. The SMILES string of the molecule is Cn1c(-c2cc3cccc(OCC(F)n4ccnc4)c3n2CC2CC2)nc2cc3c(nc21)CCN(C[C@@H](CF)NC(=O)OC(C)(C)C)C3=O. The van der Waals surface area contributed by atoms with Crippen molar-refractivity contribution in [3.63, 3.8) is 0 Å². The minimum atomic E-state index is -1.39. The molecule has 1 unspecified atom stereocenters. The second kappa shape index (κ2) is 12.8. The van der Waals surface area contributed by atoms with E-state index in [4.69, 9.17) is 19.4 Å². The van der Waals surface area contributed by atoms with Crippen molar-refractivity contribution < 1.29 is 27.8 Å². The predicted molar refractivity (Wildman–Crippen MR) is 179 cm³/mol. The number of rotatable bonds is 11. The maximum atomic E-state index is 14.9. The number of carbonyl (C=O) groups is 2. The summed E-state index contributed by atoms with van der Waals surface area (Å²) in [5.74, 6) is 1.48. The number of hydrogen-bond donors (Lipinski definition) is 1. The van der Waals surface area contributed by atoms with Crippen LogP contribution in [0.5, 0.6) is 5.75 Å². The van der Waals surface area contributed by atoms with Crippen LogP contribution < -0.4 is 10.1 Å². The summed E-state index contributed by atoms with van der Waals surface area (Å²) in [6.45, 7) is 5.25. The molecule has 49 heavy (non-hydrogen) atoms. The van der Waals surface area contributed by atoms with Crippen molar-refractivity contribution >= 4 is 34.1 Å². The lowest BCUT2D eigenvalue weighted by Gasteiger charge is -2.31. The highest BCUT2D eigenvalue weighted by atomic mass is 19.1. The summed E-state index contributed by atoms with van der Waals surface area (Å²) in [6, 6.07) is 8.66. The van der Waals surface area contributed by atoms with E-state index in [1.807, 2.05) is 29.8 Å². The van der Waals surface area contributed by atoms with Crippen LogP contribution in [0.3, 0.4) is 0 Å². The molecule has 1 N–H and O–H groups in total. The average Bonchev–Trinajstić information content (AvgIpc) is 3.42. The smallest absolute Gasteiger partial charge is 0.408 e. The van der Waals surface area contributed by atoms with Crippen LogP contribution in [-0.2, 0) is 24.8 Å². The minimum Gasteiger partial charge on any atom is -0.486 e. The molecular weight excluding hydrogens is 634 g/mol. The quantitative estimate of drug-likeness (QED) is 0.194. The van der Waals surface area contributed by atoms with E-state index in [1.54, 1.807) is 33.0 Å². The van der Waals surface area contributed by atoms with E-state index in [9.17, 15) is 18.4 Å². The first-order valence-corrected chi connectivity index (χ1v) is 16.6. The molecule has 2 atom stereocenters. The monoisotopic (exact) mass is 674 g/mol. The number of hydrogen-bond acceptors (Lipinski definition) is 7. The fourth-order valence-electron chi connectivity index (χ4n) is 6.33. The molecule has 0 bridgehead atoms. The highest BCUT2D eigenvalue weighted by Gasteiger charge is 2.31. The summed E-state index contributed by atoms with van der Waals surface area (Å²) in [6.07, 6.45) is 5.13. The highest BCUT2D eigenvalue weighted by molar-refractivity contribution is 5.99. The molecule has 1 fully saturated rings. The predicted octanol–water partition coefficient (Wildman–Crippen LogP) is 5.60. The van der Waals surface area contributed by atoms with Crippen LogP contribution in [0.25, 0.3) is 33.6 Å². The van der Waals surface area contributed by atoms with Crippen LogP contribution in [0, 0.1) is 5.92 Å². The lowest BCUT2D eigenvalue weighted by Crippen LogP contribution is -2.50. The van der Waals surface area contributed by atoms with Crippen molar-refractivity contribution in [1.82, 2.24) is 38.9 Å². The van der Waals surface area contributed by atoms with E-state index < -0.39 is 30.7 Å². The number of alkyl halides is 2. The van der Waals surface area contributed by atoms with Gasteiger partial charge in [-0.15, -0.1) is 0 Å². The Bertz CT molecular complexity index is 2010. The molecule has 14 heteroatoms. The number of benzene rings is 1.